The molecule has 1 aromatic rings. The van der Waals surface area contributed by atoms with Gasteiger partial charge in [0.25, 0.3) is 0 Å². The van der Waals surface area contributed by atoms with Crippen molar-refractivity contribution in [3.8, 4) is 0 Å². The molecule has 0 amide bonds. The average Bonchev–Trinajstić information content (AvgIpc) is 2.04. The van der Waals surface area contributed by atoms with Crippen LogP contribution in [0.25, 0.3) is 6.08 Å². The number of nitrogens with one attached hydrogen (secondary N) is 1. The second-order valence-electron chi connectivity index (χ2n) is 2.80. The first-order chi connectivity index (χ1) is 5.77. The first kappa shape index (κ1) is 7.09. The maximum atomic E-state index is 4.14. The van der Waals surface area contributed by atoms with Crippen LogP contribution in [0.5, 0.6) is 0 Å². The molecule has 0 spiro atoms. The number of hydrogen-bond acceptors (Lipinski definition) is 4. The van der Waals surface area contributed by atoms with Crippen LogP contribution in [-0.2, 0) is 0 Å². The first-order valence-electron chi connectivity index (χ1n) is 3.76. The maximum Gasteiger partial charge on any atom is 0.157 e. The molecule has 1 aliphatic rings. The number of anilines is 1. The third-order valence-corrected chi connectivity index (χ3v) is 1.75. The Morgan fingerprint density at radius 1 is 1.50 bits per heavy atom. The predicted molar refractivity (Wildman–Crippen MR) is 47.2 cm³/mol. The summed E-state index contributed by atoms with van der Waals surface area (Å²) in [7, 11) is 1.93. The summed E-state index contributed by atoms with van der Waals surface area (Å²) < 4.78 is 0. The standard InChI is InChI=1S/C8H10N4/c1-6-3-7-4-9-5-10-8(7)12(2)11-6/h3-5,11H,1-2H3. The number of allylic oxidation sites excluding steroid dienone is 1. The van der Waals surface area contributed by atoms with Crippen molar-refractivity contribution < 1.29 is 0 Å². The SMILES string of the molecule is CC1=Cc2cncnc2N(C)N1. The van der Waals surface area contributed by atoms with Gasteiger partial charge in [-0.25, -0.2) is 9.97 Å². The van der Waals surface area contributed by atoms with E-state index < -0.39 is 0 Å². The molecule has 62 valence electrons. The number of fused-ring (bicyclic) bond motifs is 1. The molecule has 0 fully saturated rings. The molecule has 0 aliphatic carbocycles. The monoisotopic (exact) mass is 162 g/mol. The lowest BCUT2D eigenvalue weighted by Crippen LogP contribution is -2.36. The van der Waals surface area contributed by atoms with E-state index in [0.29, 0.717) is 0 Å². The van der Waals surface area contributed by atoms with Gasteiger partial charge in [0.2, 0.25) is 0 Å². The zero-order valence-corrected chi connectivity index (χ0v) is 7.07. The summed E-state index contributed by atoms with van der Waals surface area (Å²) in [5.74, 6) is 0.913. The normalized spacial score (nSPS) is 14.8. The molecular weight excluding hydrogens is 152 g/mol. The number of rotatable bonds is 0. The Balaban J connectivity index is 2.55. The van der Waals surface area contributed by atoms with Gasteiger partial charge in [0.05, 0.1) is 0 Å². The largest absolute Gasteiger partial charge is 0.302 e. The van der Waals surface area contributed by atoms with Crippen LogP contribution >= 0.6 is 0 Å². The van der Waals surface area contributed by atoms with Crippen molar-refractivity contribution in [2.45, 2.75) is 6.92 Å². The van der Waals surface area contributed by atoms with Crippen LogP contribution in [-0.4, -0.2) is 17.0 Å². The second-order valence-corrected chi connectivity index (χ2v) is 2.80. The second kappa shape index (κ2) is 2.48. The predicted octanol–water partition coefficient (Wildman–Crippen LogP) is 0.792. The minimum absolute atomic E-state index is 0.913. The maximum absolute atomic E-state index is 4.14. The van der Waals surface area contributed by atoms with Crippen molar-refractivity contribution in [1.82, 2.24) is 15.4 Å². The first-order valence-corrected chi connectivity index (χ1v) is 3.76. The van der Waals surface area contributed by atoms with Gasteiger partial charge in [-0.15, -0.1) is 0 Å². The Morgan fingerprint density at radius 2 is 2.33 bits per heavy atom. The zero-order chi connectivity index (χ0) is 8.55. The Hall–Kier alpha value is -1.58. The lowest BCUT2D eigenvalue weighted by Gasteiger charge is -2.26. The molecule has 2 rings (SSSR count). The number of nitrogens with zero attached hydrogens (tertiary/aromatic N) is 3. The van der Waals surface area contributed by atoms with Crippen LogP contribution in [0, 0.1) is 0 Å². The van der Waals surface area contributed by atoms with Gasteiger partial charge in [0.15, 0.2) is 5.82 Å². The summed E-state index contributed by atoms with van der Waals surface area (Å²) in [5.41, 5.74) is 5.29. The van der Waals surface area contributed by atoms with Gasteiger partial charge >= 0.3 is 0 Å². The summed E-state index contributed by atoms with van der Waals surface area (Å²) in [6.07, 6.45) is 5.38. The van der Waals surface area contributed by atoms with E-state index in [-0.39, 0.29) is 0 Å². The topological polar surface area (TPSA) is 41.1 Å². The molecule has 0 saturated heterocycles. The fourth-order valence-electron chi connectivity index (χ4n) is 1.30. The van der Waals surface area contributed by atoms with Crippen LogP contribution in [0.1, 0.15) is 12.5 Å². The van der Waals surface area contributed by atoms with Crippen LogP contribution in [0.4, 0.5) is 5.82 Å². The van der Waals surface area contributed by atoms with Crippen molar-refractivity contribution in [1.29, 1.82) is 0 Å². The molecular formula is C8H10N4. The highest BCUT2D eigenvalue weighted by Crippen LogP contribution is 2.20. The summed E-state index contributed by atoms with van der Waals surface area (Å²) in [4.78, 5) is 8.10. The molecule has 0 unspecified atom stereocenters. The van der Waals surface area contributed by atoms with Crippen molar-refractivity contribution in [2.75, 3.05) is 12.1 Å². The van der Waals surface area contributed by atoms with E-state index in [1.807, 2.05) is 31.3 Å². The molecule has 0 aromatic carbocycles. The fourth-order valence-corrected chi connectivity index (χ4v) is 1.30. The van der Waals surface area contributed by atoms with Crippen LogP contribution in [0.15, 0.2) is 18.2 Å². The fraction of sp³-hybridized carbons (Fsp3) is 0.250. The Bertz CT molecular complexity index is 332. The minimum atomic E-state index is 0.913. The van der Waals surface area contributed by atoms with Gasteiger partial charge in [-0.1, -0.05) is 0 Å². The molecule has 4 nitrogen and oxygen atoms in total. The van der Waals surface area contributed by atoms with Gasteiger partial charge in [-0.2, -0.15) is 0 Å². The zero-order valence-electron chi connectivity index (χ0n) is 7.07. The van der Waals surface area contributed by atoms with E-state index in [0.717, 1.165) is 17.1 Å². The third kappa shape index (κ3) is 1.01. The Kier molecular flexibility index (Phi) is 1.46. The highest BCUT2D eigenvalue weighted by Gasteiger charge is 2.11. The van der Waals surface area contributed by atoms with Gasteiger partial charge < -0.3 is 5.43 Å². The number of hydrazine groups is 1. The van der Waals surface area contributed by atoms with E-state index >= 15 is 0 Å². The summed E-state index contributed by atoms with van der Waals surface area (Å²) in [6, 6.07) is 0. The summed E-state index contributed by atoms with van der Waals surface area (Å²) in [5, 5.41) is 1.88. The molecule has 1 aliphatic heterocycles. The van der Waals surface area contributed by atoms with Crippen molar-refractivity contribution in [2.24, 2.45) is 0 Å². The van der Waals surface area contributed by atoms with Crippen molar-refractivity contribution >= 4 is 11.9 Å². The smallest absolute Gasteiger partial charge is 0.157 e. The molecule has 2 heterocycles. The van der Waals surface area contributed by atoms with Gasteiger partial charge in [0.1, 0.15) is 6.33 Å². The van der Waals surface area contributed by atoms with E-state index in [1.54, 1.807) is 6.33 Å². The third-order valence-electron chi connectivity index (χ3n) is 1.75. The Labute approximate surface area is 70.9 Å². The van der Waals surface area contributed by atoms with Crippen LogP contribution in [0.3, 0.4) is 0 Å². The minimum Gasteiger partial charge on any atom is -0.302 e. The van der Waals surface area contributed by atoms with E-state index in [2.05, 4.69) is 15.4 Å². The van der Waals surface area contributed by atoms with Gasteiger partial charge in [0, 0.05) is 24.5 Å². The van der Waals surface area contributed by atoms with E-state index in [4.69, 9.17) is 0 Å². The summed E-state index contributed by atoms with van der Waals surface area (Å²) >= 11 is 0. The van der Waals surface area contributed by atoms with E-state index in [1.165, 1.54) is 0 Å². The molecule has 12 heavy (non-hydrogen) atoms. The number of hydrogen-bond donors (Lipinski definition) is 1. The van der Waals surface area contributed by atoms with Gasteiger partial charge in [-0.3, -0.25) is 5.01 Å². The van der Waals surface area contributed by atoms with Crippen molar-refractivity contribution in [3.05, 3.63) is 23.8 Å². The van der Waals surface area contributed by atoms with Gasteiger partial charge in [-0.05, 0) is 13.0 Å². The molecule has 1 aromatic heterocycles. The average molecular weight is 162 g/mol. The van der Waals surface area contributed by atoms with Crippen LogP contribution in [0.2, 0.25) is 0 Å². The highest BCUT2D eigenvalue weighted by atomic mass is 15.5. The highest BCUT2D eigenvalue weighted by molar-refractivity contribution is 5.66. The molecule has 4 heteroatoms. The molecule has 0 bridgehead atoms. The molecule has 0 saturated carbocycles. The molecule has 0 atom stereocenters. The summed E-state index contributed by atoms with van der Waals surface area (Å²) in [6.45, 7) is 2.01. The van der Waals surface area contributed by atoms with Crippen LogP contribution < -0.4 is 10.4 Å². The lowest BCUT2D eigenvalue weighted by atomic mass is 10.2. The molecule has 0 radical (unpaired) electrons. The van der Waals surface area contributed by atoms with E-state index in [9.17, 15) is 0 Å². The number of aromatic nitrogens is 2. The van der Waals surface area contributed by atoms with Crippen molar-refractivity contribution in [3.63, 3.8) is 0 Å². The Morgan fingerprint density at radius 3 is 3.17 bits per heavy atom. The lowest BCUT2D eigenvalue weighted by molar-refractivity contribution is 0.762. The molecule has 1 N–H and O–H groups in total. The quantitative estimate of drug-likeness (QED) is 0.612.